The van der Waals surface area contributed by atoms with Gasteiger partial charge in [0.1, 0.15) is 5.54 Å². The van der Waals surface area contributed by atoms with E-state index in [1.807, 2.05) is 25.8 Å². The molecule has 0 aromatic heterocycles. The number of hydrogen-bond acceptors (Lipinski definition) is 3. The highest BCUT2D eigenvalue weighted by molar-refractivity contribution is 5.92. The van der Waals surface area contributed by atoms with E-state index < -0.39 is 5.54 Å². The van der Waals surface area contributed by atoms with Crippen molar-refractivity contribution >= 4 is 11.9 Å². The maximum Gasteiger partial charge on any atom is 0.247 e. The lowest BCUT2D eigenvalue weighted by molar-refractivity contribution is -0.143. The van der Waals surface area contributed by atoms with E-state index in [0.29, 0.717) is 12.5 Å². The Balaban J connectivity index is 2.85. The molecule has 0 atom stereocenters. The fraction of sp³-hybridized carbons (Fsp3) is 0.833. The molecular weight excluding hydrogens is 230 g/mol. The fourth-order valence-electron chi connectivity index (χ4n) is 2.14. The number of carbonyl (C=O) groups excluding carboxylic acids is 1. The molecule has 3 N–H and O–H groups in total. The molecule has 1 rings (SSSR count). The van der Waals surface area contributed by atoms with Gasteiger partial charge >= 0.3 is 0 Å². The Morgan fingerprint density at radius 3 is 2.72 bits per heavy atom. The van der Waals surface area contributed by atoms with Gasteiger partial charge in [-0.2, -0.15) is 0 Å². The molecule has 0 bridgehead atoms. The number of unbranched alkanes of at least 4 members (excludes halogenated alkanes) is 1. The minimum Gasteiger partial charge on any atom is -0.342 e. The largest absolute Gasteiger partial charge is 0.342 e. The van der Waals surface area contributed by atoms with Crippen LogP contribution in [0.4, 0.5) is 0 Å². The van der Waals surface area contributed by atoms with Crippen LogP contribution in [0.3, 0.4) is 0 Å². The molecule has 1 aliphatic heterocycles. The second-order valence-electron chi connectivity index (χ2n) is 5.14. The van der Waals surface area contributed by atoms with Crippen molar-refractivity contribution in [3.63, 3.8) is 0 Å². The highest BCUT2D eigenvalue weighted by atomic mass is 16.2. The van der Waals surface area contributed by atoms with Crippen LogP contribution in [-0.4, -0.2) is 53.9 Å². The van der Waals surface area contributed by atoms with E-state index >= 15 is 0 Å². The quantitative estimate of drug-likeness (QED) is 0.248. The Hall–Kier alpha value is -1.30. The van der Waals surface area contributed by atoms with Crippen LogP contribution in [0, 0.1) is 0 Å². The number of rotatable bonds is 3. The molecule has 18 heavy (non-hydrogen) atoms. The fourth-order valence-corrected chi connectivity index (χ4v) is 2.14. The van der Waals surface area contributed by atoms with E-state index in [9.17, 15) is 4.79 Å². The van der Waals surface area contributed by atoms with Gasteiger partial charge in [0.05, 0.1) is 0 Å². The second kappa shape index (κ2) is 6.04. The molecule has 1 aliphatic rings. The smallest absolute Gasteiger partial charge is 0.247 e. The van der Waals surface area contributed by atoms with Crippen molar-refractivity contribution in [1.82, 2.24) is 15.2 Å². The van der Waals surface area contributed by atoms with Crippen molar-refractivity contribution in [2.75, 3.05) is 26.7 Å². The number of nitrogens with two attached hydrogens (primary N) is 1. The minimum absolute atomic E-state index is 0.0900. The summed E-state index contributed by atoms with van der Waals surface area (Å²) in [6, 6.07) is 0. The molecule has 1 amide bonds. The molecule has 1 fully saturated rings. The molecule has 1 heterocycles. The lowest BCUT2D eigenvalue weighted by atomic mass is 9.98. The third kappa shape index (κ3) is 2.93. The zero-order valence-electron chi connectivity index (χ0n) is 11.9. The van der Waals surface area contributed by atoms with Gasteiger partial charge in [0.25, 0.3) is 0 Å². The Bertz CT molecular complexity index is 326. The van der Waals surface area contributed by atoms with Crippen LogP contribution >= 0.6 is 0 Å². The summed E-state index contributed by atoms with van der Waals surface area (Å²) < 4.78 is 0. The molecule has 0 aromatic carbocycles. The van der Waals surface area contributed by atoms with Crippen molar-refractivity contribution in [3.8, 4) is 0 Å². The summed E-state index contributed by atoms with van der Waals surface area (Å²) in [5, 5.41) is 0. The first-order valence-electron chi connectivity index (χ1n) is 6.49. The molecule has 1 saturated heterocycles. The number of aliphatic imine (C=N–C) groups is 1. The summed E-state index contributed by atoms with van der Waals surface area (Å²) in [6.07, 6.45) is 2.11. The van der Waals surface area contributed by atoms with Gasteiger partial charge in [-0.3, -0.25) is 15.2 Å². The van der Waals surface area contributed by atoms with Gasteiger partial charge in [-0.25, -0.2) is 5.84 Å². The van der Waals surface area contributed by atoms with Crippen LogP contribution in [-0.2, 0) is 4.79 Å². The van der Waals surface area contributed by atoms with Crippen molar-refractivity contribution in [1.29, 1.82) is 0 Å². The van der Waals surface area contributed by atoms with Crippen molar-refractivity contribution in [3.05, 3.63) is 0 Å². The van der Waals surface area contributed by atoms with Crippen LogP contribution in [0.5, 0.6) is 0 Å². The molecule has 0 radical (unpaired) electrons. The summed E-state index contributed by atoms with van der Waals surface area (Å²) in [5.41, 5.74) is 2.02. The van der Waals surface area contributed by atoms with E-state index in [2.05, 4.69) is 17.3 Å². The minimum atomic E-state index is -0.607. The normalized spacial score (nSPS) is 20.3. The highest BCUT2D eigenvalue weighted by Crippen LogP contribution is 2.21. The number of hydrogen-bond donors (Lipinski definition) is 2. The van der Waals surface area contributed by atoms with Crippen LogP contribution in [0.25, 0.3) is 0 Å². The standard InChI is InChI=1S/C12H25N5O/c1-5-6-7-14-11(15-13)17-9-8-16(4)10(18)12(17,2)3/h5-9,13H2,1-4H3,(H,14,15). The topological polar surface area (TPSA) is 74.0 Å². The lowest BCUT2D eigenvalue weighted by Crippen LogP contribution is -2.66. The molecule has 0 aliphatic carbocycles. The average Bonchev–Trinajstić information content (AvgIpc) is 2.33. The van der Waals surface area contributed by atoms with Crippen LogP contribution in [0.15, 0.2) is 4.99 Å². The predicted octanol–water partition coefficient (Wildman–Crippen LogP) is 0.158. The van der Waals surface area contributed by atoms with E-state index in [0.717, 1.165) is 25.9 Å². The third-order valence-corrected chi connectivity index (χ3v) is 3.36. The molecule has 104 valence electrons. The third-order valence-electron chi connectivity index (χ3n) is 3.36. The first kappa shape index (κ1) is 14.8. The number of likely N-dealkylation sites (N-methyl/N-ethyl adjacent to an activating group) is 1. The SMILES string of the molecule is CCCCN=C(NN)N1CCN(C)C(=O)C1(C)C. The van der Waals surface area contributed by atoms with Gasteiger partial charge in [-0.1, -0.05) is 13.3 Å². The molecule has 6 heteroatoms. The first-order valence-corrected chi connectivity index (χ1v) is 6.49. The van der Waals surface area contributed by atoms with Crippen LogP contribution < -0.4 is 11.3 Å². The predicted molar refractivity (Wildman–Crippen MR) is 73.0 cm³/mol. The number of nitrogens with one attached hydrogen (secondary N) is 1. The molecule has 0 aromatic rings. The summed E-state index contributed by atoms with van der Waals surface area (Å²) in [6.45, 7) is 8.08. The van der Waals surface area contributed by atoms with E-state index in [4.69, 9.17) is 5.84 Å². The van der Waals surface area contributed by atoms with E-state index in [1.165, 1.54) is 0 Å². The highest BCUT2D eigenvalue weighted by Gasteiger charge is 2.41. The molecule has 0 unspecified atom stereocenters. The number of nitrogens with zero attached hydrogens (tertiary/aromatic N) is 3. The lowest BCUT2D eigenvalue weighted by Gasteiger charge is -2.45. The van der Waals surface area contributed by atoms with E-state index in [1.54, 1.807) is 4.90 Å². The van der Waals surface area contributed by atoms with Crippen molar-refractivity contribution in [2.45, 2.75) is 39.2 Å². The summed E-state index contributed by atoms with van der Waals surface area (Å²) >= 11 is 0. The number of amides is 1. The average molecular weight is 255 g/mol. The van der Waals surface area contributed by atoms with Crippen molar-refractivity contribution < 1.29 is 4.79 Å². The van der Waals surface area contributed by atoms with E-state index in [-0.39, 0.29) is 5.91 Å². The van der Waals surface area contributed by atoms with Gasteiger partial charge < -0.3 is 9.80 Å². The zero-order chi connectivity index (χ0) is 13.8. The summed E-state index contributed by atoms with van der Waals surface area (Å²) in [4.78, 5) is 20.3. The first-order chi connectivity index (χ1) is 8.45. The Morgan fingerprint density at radius 1 is 1.50 bits per heavy atom. The van der Waals surface area contributed by atoms with Crippen LogP contribution in [0.2, 0.25) is 0 Å². The monoisotopic (exact) mass is 255 g/mol. The second-order valence-corrected chi connectivity index (χ2v) is 5.14. The number of guanidine groups is 1. The Labute approximate surface area is 109 Å². The number of carbonyl (C=O) groups is 1. The maximum absolute atomic E-state index is 12.2. The summed E-state index contributed by atoms with van der Waals surface area (Å²) in [5.74, 6) is 6.24. The van der Waals surface area contributed by atoms with Gasteiger partial charge in [0.2, 0.25) is 11.9 Å². The zero-order valence-corrected chi connectivity index (χ0v) is 11.9. The van der Waals surface area contributed by atoms with Gasteiger partial charge in [0.15, 0.2) is 0 Å². The molecule has 0 saturated carbocycles. The molecular formula is C12H25N5O. The Morgan fingerprint density at radius 2 is 2.17 bits per heavy atom. The van der Waals surface area contributed by atoms with Gasteiger partial charge in [-0.05, 0) is 20.3 Å². The summed E-state index contributed by atoms with van der Waals surface area (Å²) in [7, 11) is 1.82. The van der Waals surface area contributed by atoms with Crippen LogP contribution in [0.1, 0.15) is 33.6 Å². The molecule has 0 spiro atoms. The van der Waals surface area contributed by atoms with Gasteiger partial charge in [-0.15, -0.1) is 0 Å². The number of piperazine rings is 1. The maximum atomic E-state index is 12.2. The number of hydrazine groups is 1. The Kier molecular flexibility index (Phi) is 4.95. The molecule has 6 nitrogen and oxygen atoms in total. The van der Waals surface area contributed by atoms with Gasteiger partial charge in [0, 0.05) is 26.7 Å². The van der Waals surface area contributed by atoms with Crippen molar-refractivity contribution in [2.24, 2.45) is 10.8 Å².